The van der Waals surface area contributed by atoms with Crippen LogP contribution in [0.5, 0.6) is 0 Å². The number of hydrogen-bond acceptors (Lipinski definition) is 1. The summed E-state index contributed by atoms with van der Waals surface area (Å²) >= 11 is 5.87. The van der Waals surface area contributed by atoms with E-state index in [9.17, 15) is 4.39 Å². The standard InChI is InChI=1S/C11H11ClFN/c1-7-4-5-8(12)9(10(7)13)11(2,3)6-14/h4-5H,1-3H3. The van der Waals surface area contributed by atoms with Gasteiger partial charge in [-0.15, -0.1) is 0 Å². The van der Waals surface area contributed by atoms with Gasteiger partial charge in [0, 0.05) is 10.6 Å². The zero-order valence-electron chi connectivity index (χ0n) is 8.36. The number of aryl methyl sites for hydroxylation is 1. The molecule has 1 nitrogen and oxygen atoms in total. The molecule has 1 aromatic rings. The maximum atomic E-state index is 13.7. The molecular weight excluding hydrogens is 201 g/mol. The lowest BCUT2D eigenvalue weighted by atomic mass is 9.85. The molecule has 0 heterocycles. The lowest BCUT2D eigenvalue weighted by molar-refractivity contribution is 0.558. The molecular formula is C11H11ClFN. The topological polar surface area (TPSA) is 23.8 Å². The van der Waals surface area contributed by atoms with Crippen LogP contribution in [0.1, 0.15) is 25.0 Å². The van der Waals surface area contributed by atoms with Crippen molar-refractivity contribution in [2.75, 3.05) is 0 Å². The quantitative estimate of drug-likeness (QED) is 0.697. The van der Waals surface area contributed by atoms with Crippen molar-refractivity contribution < 1.29 is 4.39 Å². The molecule has 74 valence electrons. The minimum Gasteiger partial charge on any atom is -0.206 e. The molecule has 0 saturated carbocycles. The Labute approximate surface area is 88.1 Å². The molecule has 0 aliphatic rings. The monoisotopic (exact) mass is 211 g/mol. The predicted octanol–water partition coefficient (Wildman–Crippen LogP) is 3.59. The smallest absolute Gasteiger partial charge is 0.132 e. The van der Waals surface area contributed by atoms with E-state index in [0.29, 0.717) is 10.6 Å². The average Bonchev–Trinajstić information content (AvgIpc) is 2.12. The molecule has 0 bridgehead atoms. The van der Waals surface area contributed by atoms with Crippen LogP contribution in [0, 0.1) is 24.1 Å². The van der Waals surface area contributed by atoms with E-state index < -0.39 is 5.41 Å². The van der Waals surface area contributed by atoms with Crippen LogP contribution in [0.15, 0.2) is 12.1 Å². The zero-order valence-corrected chi connectivity index (χ0v) is 9.11. The molecule has 0 spiro atoms. The highest BCUT2D eigenvalue weighted by Gasteiger charge is 2.27. The molecule has 1 aromatic carbocycles. The lowest BCUT2D eigenvalue weighted by Gasteiger charge is -2.19. The van der Waals surface area contributed by atoms with Crippen molar-refractivity contribution in [1.29, 1.82) is 5.26 Å². The van der Waals surface area contributed by atoms with Gasteiger partial charge >= 0.3 is 0 Å². The lowest BCUT2D eigenvalue weighted by Crippen LogP contribution is -2.17. The summed E-state index contributed by atoms with van der Waals surface area (Å²) in [7, 11) is 0. The summed E-state index contributed by atoms with van der Waals surface area (Å²) in [4.78, 5) is 0. The van der Waals surface area contributed by atoms with Gasteiger partial charge in [-0.3, -0.25) is 0 Å². The summed E-state index contributed by atoms with van der Waals surface area (Å²) in [5.74, 6) is -0.385. The number of hydrogen-bond donors (Lipinski definition) is 0. The molecule has 14 heavy (non-hydrogen) atoms. The van der Waals surface area contributed by atoms with E-state index in [1.165, 1.54) is 0 Å². The molecule has 0 saturated heterocycles. The average molecular weight is 212 g/mol. The molecule has 0 aromatic heterocycles. The fourth-order valence-electron chi connectivity index (χ4n) is 1.29. The molecule has 0 fully saturated rings. The van der Waals surface area contributed by atoms with Gasteiger partial charge in [-0.1, -0.05) is 17.7 Å². The fraction of sp³-hybridized carbons (Fsp3) is 0.364. The SMILES string of the molecule is Cc1ccc(Cl)c(C(C)(C)C#N)c1F. The van der Waals surface area contributed by atoms with Crippen molar-refractivity contribution in [1.82, 2.24) is 0 Å². The first kappa shape index (κ1) is 11.0. The number of rotatable bonds is 1. The zero-order chi connectivity index (χ0) is 10.9. The van der Waals surface area contributed by atoms with E-state index >= 15 is 0 Å². The third-order valence-corrected chi connectivity index (χ3v) is 2.50. The fourth-order valence-corrected chi connectivity index (χ4v) is 1.67. The van der Waals surface area contributed by atoms with E-state index in [1.807, 2.05) is 6.07 Å². The second kappa shape index (κ2) is 3.59. The van der Waals surface area contributed by atoms with E-state index in [2.05, 4.69) is 0 Å². The first-order chi connectivity index (χ1) is 6.40. The summed E-state index contributed by atoms with van der Waals surface area (Å²) in [6.07, 6.45) is 0. The van der Waals surface area contributed by atoms with E-state index in [1.54, 1.807) is 32.9 Å². The second-order valence-electron chi connectivity index (χ2n) is 3.79. The molecule has 0 atom stereocenters. The largest absolute Gasteiger partial charge is 0.206 e. The van der Waals surface area contributed by atoms with E-state index in [4.69, 9.17) is 16.9 Å². The third-order valence-electron chi connectivity index (χ3n) is 2.19. The highest BCUT2D eigenvalue weighted by atomic mass is 35.5. The van der Waals surface area contributed by atoms with E-state index in [0.717, 1.165) is 0 Å². The molecule has 0 unspecified atom stereocenters. The van der Waals surface area contributed by atoms with Gasteiger partial charge in [0.2, 0.25) is 0 Å². The van der Waals surface area contributed by atoms with Crippen molar-refractivity contribution in [2.45, 2.75) is 26.2 Å². The molecule has 3 heteroatoms. The van der Waals surface area contributed by atoms with Crippen LogP contribution in [0.3, 0.4) is 0 Å². The Morgan fingerprint density at radius 3 is 2.50 bits per heavy atom. The van der Waals surface area contributed by atoms with Crippen LogP contribution in [-0.4, -0.2) is 0 Å². The second-order valence-corrected chi connectivity index (χ2v) is 4.20. The van der Waals surface area contributed by atoms with Gasteiger partial charge in [0.1, 0.15) is 5.82 Å². The van der Waals surface area contributed by atoms with Gasteiger partial charge in [-0.2, -0.15) is 5.26 Å². The van der Waals surface area contributed by atoms with Gasteiger partial charge in [0.15, 0.2) is 0 Å². The Kier molecular flexibility index (Phi) is 2.82. The van der Waals surface area contributed by atoms with Crippen LogP contribution in [0.4, 0.5) is 4.39 Å². The Hall–Kier alpha value is -1.07. The Balaban J connectivity index is 3.49. The first-order valence-corrected chi connectivity index (χ1v) is 4.64. The first-order valence-electron chi connectivity index (χ1n) is 4.26. The summed E-state index contributed by atoms with van der Waals surface area (Å²) < 4.78 is 13.7. The maximum Gasteiger partial charge on any atom is 0.132 e. The number of nitriles is 1. The van der Waals surface area contributed by atoms with Gasteiger partial charge in [-0.25, -0.2) is 4.39 Å². The number of nitrogens with zero attached hydrogens (tertiary/aromatic N) is 1. The number of halogens is 2. The van der Waals surface area contributed by atoms with Crippen molar-refractivity contribution in [3.63, 3.8) is 0 Å². The molecule has 0 N–H and O–H groups in total. The highest BCUT2D eigenvalue weighted by Crippen LogP contribution is 2.32. The Morgan fingerprint density at radius 1 is 1.43 bits per heavy atom. The molecule has 0 amide bonds. The van der Waals surface area contributed by atoms with E-state index in [-0.39, 0.29) is 11.4 Å². The summed E-state index contributed by atoms with van der Waals surface area (Å²) in [6.45, 7) is 4.95. The van der Waals surface area contributed by atoms with Gasteiger partial charge in [0.05, 0.1) is 11.5 Å². The van der Waals surface area contributed by atoms with Crippen LogP contribution < -0.4 is 0 Å². The van der Waals surface area contributed by atoms with Crippen LogP contribution in [0.25, 0.3) is 0 Å². The van der Waals surface area contributed by atoms with Crippen molar-refractivity contribution >= 4 is 11.6 Å². The van der Waals surface area contributed by atoms with Crippen molar-refractivity contribution in [2.24, 2.45) is 0 Å². The summed E-state index contributed by atoms with van der Waals surface area (Å²) in [5.41, 5.74) is -0.109. The summed E-state index contributed by atoms with van der Waals surface area (Å²) in [6, 6.07) is 5.27. The number of benzene rings is 1. The Bertz CT molecular complexity index is 404. The summed E-state index contributed by atoms with van der Waals surface area (Å²) in [5, 5.41) is 9.22. The molecule has 0 aliphatic carbocycles. The van der Waals surface area contributed by atoms with Crippen LogP contribution in [-0.2, 0) is 5.41 Å². The van der Waals surface area contributed by atoms with Crippen molar-refractivity contribution in [3.8, 4) is 6.07 Å². The maximum absolute atomic E-state index is 13.7. The minimum absolute atomic E-state index is 0.279. The van der Waals surface area contributed by atoms with Gasteiger partial charge in [-0.05, 0) is 32.4 Å². The van der Waals surface area contributed by atoms with Gasteiger partial charge < -0.3 is 0 Å². The Morgan fingerprint density at radius 2 is 2.00 bits per heavy atom. The van der Waals surface area contributed by atoms with Gasteiger partial charge in [0.25, 0.3) is 0 Å². The minimum atomic E-state index is -0.896. The normalized spacial score (nSPS) is 11.1. The van der Waals surface area contributed by atoms with Crippen LogP contribution >= 0.6 is 11.6 Å². The molecule has 0 radical (unpaired) electrons. The highest BCUT2D eigenvalue weighted by molar-refractivity contribution is 6.31. The molecule has 0 aliphatic heterocycles. The predicted molar refractivity (Wildman–Crippen MR) is 54.8 cm³/mol. The van der Waals surface area contributed by atoms with Crippen LogP contribution in [0.2, 0.25) is 5.02 Å². The molecule has 1 rings (SSSR count). The third kappa shape index (κ3) is 1.73. The van der Waals surface area contributed by atoms with Crippen molar-refractivity contribution in [3.05, 3.63) is 34.1 Å².